The van der Waals surface area contributed by atoms with E-state index in [1.165, 1.54) is 35.1 Å². The molecule has 8 heteroatoms. The van der Waals surface area contributed by atoms with Crippen LogP contribution in [0.2, 0.25) is 0 Å². The fraction of sp³-hybridized carbons (Fsp3) is 0.143. The molecule has 4 aromatic rings. The third-order valence-corrected chi connectivity index (χ3v) is 4.64. The molecule has 0 aliphatic heterocycles. The lowest BCUT2D eigenvalue weighted by Crippen LogP contribution is -2.28. The molecule has 2 aromatic heterocycles. The summed E-state index contributed by atoms with van der Waals surface area (Å²) in [6, 6.07) is 12.3. The van der Waals surface area contributed by atoms with Crippen LogP contribution in [0.1, 0.15) is 16.1 Å². The Labute approximate surface area is 165 Å². The molecule has 0 bridgehead atoms. The number of aromatic nitrogens is 4. The number of nitrogens with zero attached hydrogens (tertiary/aromatic N) is 4. The first-order valence-electron chi connectivity index (χ1n) is 8.86. The van der Waals surface area contributed by atoms with Gasteiger partial charge in [-0.2, -0.15) is 10.2 Å². The first-order valence-corrected chi connectivity index (χ1v) is 8.86. The summed E-state index contributed by atoms with van der Waals surface area (Å²) in [4.78, 5) is 25.7. The smallest absolute Gasteiger partial charge is 0.293 e. The molecule has 29 heavy (non-hydrogen) atoms. The lowest BCUT2D eigenvalue weighted by Gasteiger charge is -2.09. The van der Waals surface area contributed by atoms with E-state index in [0.717, 1.165) is 4.68 Å². The zero-order valence-corrected chi connectivity index (χ0v) is 15.8. The number of carbonyl (C=O) groups is 1. The van der Waals surface area contributed by atoms with Crippen LogP contribution in [-0.4, -0.2) is 32.5 Å². The Balaban J connectivity index is 1.76. The molecule has 0 fully saturated rings. The Morgan fingerprint density at radius 1 is 1.10 bits per heavy atom. The van der Waals surface area contributed by atoms with Gasteiger partial charge in [-0.05, 0) is 55.5 Å². The van der Waals surface area contributed by atoms with E-state index in [2.05, 4.69) is 10.2 Å². The van der Waals surface area contributed by atoms with Gasteiger partial charge in [-0.1, -0.05) is 0 Å². The molecule has 0 unspecified atom stereocenters. The maximum absolute atomic E-state index is 13.3. The van der Waals surface area contributed by atoms with E-state index in [1.807, 2.05) is 0 Å². The van der Waals surface area contributed by atoms with E-state index in [-0.39, 0.29) is 23.7 Å². The van der Waals surface area contributed by atoms with Crippen molar-refractivity contribution < 1.29 is 13.9 Å². The molecular formula is C21H17FN4O3. The molecule has 2 heterocycles. The summed E-state index contributed by atoms with van der Waals surface area (Å²) in [6.45, 7) is 1.53. The van der Waals surface area contributed by atoms with Crippen LogP contribution in [0, 0.1) is 12.7 Å². The van der Waals surface area contributed by atoms with Crippen molar-refractivity contribution in [1.82, 2.24) is 19.6 Å². The summed E-state index contributed by atoms with van der Waals surface area (Å²) in [7, 11) is 1.54. The van der Waals surface area contributed by atoms with Crippen molar-refractivity contribution in [2.24, 2.45) is 0 Å². The molecule has 0 saturated carbocycles. The monoisotopic (exact) mass is 392 g/mol. The van der Waals surface area contributed by atoms with Gasteiger partial charge in [0.2, 0.25) is 0 Å². The molecule has 0 amide bonds. The maximum Gasteiger partial charge on any atom is 0.293 e. The van der Waals surface area contributed by atoms with Crippen LogP contribution in [0.25, 0.3) is 16.6 Å². The van der Waals surface area contributed by atoms with Crippen LogP contribution >= 0.6 is 0 Å². The minimum absolute atomic E-state index is 0.212. The number of benzene rings is 2. The molecule has 0 saturated heterocycles. The molecule has 0 radical (unpaired) electrons. The number of carbonyl (C=O) groups excluding carboxylic acids is 1. The Hall–Kier alpha value is -3.81. The number of hydrogen-bond acceptors (Lipinski definition) is 5. The third kappa shape index (κ3) is 3.40. The van der Waals surface area contributed by atoms with Crippen molar-refractivity contribution in [2.75, 3.05) is 7.11 Å². The van der Waals surface area contributed by atoms with Gasteiger partial charge in [0, 0.05) is 10.9 Å². The summed E-state index contributed by atoms with van der Waals surface area (Å²) in [5.41, 5.74) is 1.39. The van der Waals surface area contributed by atoms with E-state index >= 15 is 0 Å². The first-order chi connectivity index (χ1) is 14.0. The minimum Gasteiger partial charge on any atom is -0.497 e. The summed E-state index contributed by atoms with van der Waals surface area (Å²) >= 11 is 0. The highest BCUT2D eigenvalue weighted by Gasteiger charge is 2.17. The number of aryl methyl sites for hydroxylation is 1. The van der Waals surface area contributed by atoms with Gasteiger partial charge >= 0.3 is 0 Å². The fourth-order valence-corrected chi connectivity index (χ4v) is 3.11. The Morgan fingerprint density at radius 2 is 1.79 bits per heavy atom. The number of ketones is 1. The molecular weight excluding hydrogens is 375 g/mol. The van der Waals surface area contributed by atoms with Gasteiger partial charge in [0.25, 0.3) is 5.56 Å². The molecule has 0 aliphatic carbocycles. The normalized spacial score (nSPS) is 11.0. The lowest BCUT2D eigenvalue weighted by molar-refractivity contribution is 0.0965. The molecule has 0 aliphatic rings. The second-order valence-electron chi connectivity index (χ2n) is 6.49. The van der Waals surface area contributed by atoms with Crippen molar-refractivity contribution in [1.29, 1.82) is 0 Å². The van der Waals surface area contributed by atoms with Gasteiger partial charge in [-0.15, -0.1) is 0 Å². The molecule has 0 N–H and O–H groups in total. The summed E-state index contributed by atoms with van der Waals surface area (Å²) in [5.74, 6) is -0.00304. The Morgan fingerprint density at radius 3 is 2.45 bits per heavy atom. The van der Waals surface area contributed by atoms with Crippen molar-refractivity contribution in [2.45, 2.75) is 13.5 Å². The van der Waals surface area contributed by atoms with Gasteiger partial charge in [0.1, 0.15) is 23.6 Å². The van der Waals surface area contributed by atoms with Gasteiger partial charge in [-0.3, -0.25) is 9.59 Å². The third-order valence-electron chi connectivity index (χ3n) is 4.64. The Bertz CT molecular complexity index is 1260. The quantitative estimate of drug-likeness (QED) is 0.488. The lowest BCUT2D eigenvalue weighted by atomic mass is 10.1. The van der Waals surface area contributed by atoms with Crippen molar-refractivity contribution in [3.05, 3.63) is 82.2 Å². The van der Waals surface area contributed by atoms with Gasteiger partial charge in [0.15, 0.2) is 5.78 Å². The highest BCUT2D eigenvalue weighted by Crippen LogP contribution is 2.18. The topological polar surface area (TPSA) is 79.0 Å². The van der Waals surface area contributed by atoms with Crippen LogP contribution in [0.3, 0.4) is 0 Å². The largest absolute Gasteiger partial charge is 0.497 e. The number of rotatable bonds is 5. The zero-order valence-electron chi connectivity index (χ0n) is 15.8. The van der Waals surface area contributed by atoms with E-state index in [0.29, 0.717) is 28.1 Å². The van der Waals surface area contributed by atoms with Crippen LogP contribution < -0.4 is 10.3 Å². The molecule has 7 nitrogen and oxygen atoms in total. The van der Waals surface area contributed by atoms with Gasteiger partial charge in [0.05, 0.1) is 24.7 Å². The summed E-state index contributed by atoms with van der Waals surface area (Å²) in [5, 5.41) is 9.10. The minimum atomic E-state index is -0.450. The average molecular weight is 392 g/mol. The second kappa shape index (κ2) is 7.31. The predicted molar refractivity (Wildman–Crippen MR) is 105 cm³/mol. The molecule has 0 spiro atoms. The summed E-state index contributed by atoms with van der Waals surface area (Å²) < 4.78 is 20.9. The van der Waals surface area contributed by atoms with Crippen LogP contribution in [0.5, 0.6) is 5.75 Å². The van der Waals surface area contributed by atoms with E-state index in [4.69, 9.17) is 4.74 Å². The average Bonchev–Trinajstić information content (AvgIpc) is 3.18. The highest BCUT2D eigenvalue weighted by molar-refractivity contribution is 5.96. The van der Waals surface area contributed by atoms with Gasteiger partial charge in [-0.25, -0.2) is 13.8 Å². The van der Waals surface area contributed by atoms with Crippen LogP contribution in [0.4, 0.5) is 4.39 Å². The van der Waals surface area contributed by atoms with E-state index in [1.54, 1.807) is 38.3 Å². The van der Waals surface area contributed by atoms with Crippen molar-refractivity contribution in [3.63, 3.8) is 0 Å². The van der Waals surface area contributed by atoms with Crippen molar-refractivity contribution >= 4 is 16.7 Å². The van der Waals surface area contributed by atoms with Gasteiger partial charge < -0.3 is 4.74 Å². The van der Waals surface area contributed by atoms with Crippen LogP contribution in [-0.2, 0) is 6.54 Å². The fourth-order valence-electron chi connectivity index (χ4n) is 3.11. The number of methoxy groups -OCH3 is 1. The van der Waals surface area contributed by atoms with E-state index < -0.39 is 5.56 Å². The van der Waals surface area contributed by atoms with E-state index in [9.17, 15) is 14.0 Å². The molecule has 4 rings (SSSR count). The zero-order chi connectivity index (χ0) is 20.5. The number of Topliss-reactive ketones (excluding diaryl/α,β-unsaturated/α-hetero) is 1. The molecule has 2 aromatic carbocycles. The molecule has 0 atom stereocenters. The second-order valence-corrected chi connectivity index (χ2v) is 6.49. The maximum atomic E-state index is 13.3. The molecule has 146 valence electrons. The standard InChI is InChI=1S/C21H17FN4O3/c1-13-18-11-23-26(16-7-5-15(22)6-8-16)20(18)21(28)25(24-13)12-19(27)14-3-9-17(29-2)10-4-14/h3-11H,12H2,1-2H3. The number of ether oxygens (including phenoxy) is 1. The number of fused-ring (bicyclic) bond motifs is 1. The predicted octanol–water partition coefficient (Wildman–Crippen LogP) is 2.92. The Kier molecular flexibility index (Phi) is 4.67. The van der Waals surface area contributed by atoms with Crippen molar-refractivity contribution in [3.8, 4) is 11.4 Å². The number of halogens is 1. The SMILES string of the molecule is COc1ccc(C(=O)Cn2nc(C)c3cnn(-c4ccc(F)cc4)c3c2=O)cc1. The summed E-state index contributed by atoms with van der Waals surface area (Å²) in [6.07, 6.45) is 1.54. The van der Waals surface area contributed by atoms with Crippen LogP contribution in [0.15, 0.2) is 59.5 Å². The first kappa shape index (κ1) is 18.5. The highest BCUT2D eigenvalue weighted by atomic mass is 19.1. The number of hydrogen-bond donors (Lipinski definition) is 0.